The Labute approximate surface area is 160 Å². The minimum atomic E-state index is 0.543. The van der Waals surface area contributed by atoms with Gasteiger partial charge in [-0.2, -0.15) is 4.98 Å². The maximum atomic E-state index is 5.53. The number of hydrogen-bond donors (Lipinski definition) is 0. The first-order chi connectivity index (χ1) is 13.3. The van der Waals surface area contributed by atoms with E-state index in [1.54, 1.807) is 6.26 Å². The SMILES string of the molecule is CCCc1noc(CSc2nnc(-c3ccco3)n2Cc2ccccc2)n1. The molecule has 1 aromatic carbocycles. The third-order valence-electron chi connectivity index (χ3n) is 3.95. The smallest absolute Gasteiger partial charge is 0.237 e. The predicted molar refractivity (Wildman–Crippen MR) is 101 cm³/mol. The van der Waals surface area contributed by atoms with Crippen LogP contribution in [0.5, 0.6) is 0 Å². The van der Waals surface area contributed by atoms with Gasteiger partial charge in [-0.25, -0.2) is 0 Å². The van der Waals surface area contributed by atoms with Crippen LogP contribution in [-0.2, 0) is 18.7 Å². The minimum Gasteiger partial charge on any atom is -0.461 e. The second-order valence-corrected chi connectivity index (χ2v) is 6.94. The lowest BCUT2D eigenvalue weighted by Crippen LogP contribution is -2.04. The topological polar surface area (TPSA) is 82.8 Å². The third-order valence-corrected chi connectivity index (χ3v) is 4.90. The largest absolute Gasteiger partial charge is 0.461 e. The Morgan fingerprint density at radius 3 is 2.74 bits per heavy atom. The van der Waals surface area contributed by atoms with Crippen LogP contribution in [0.1, 0.15) is 30.6 Å². The molecule has 4 aromatic rings. The molecule has 0 atom stereocenters. The summed E-state index contributed by atoms with van der Waals surface area (Å²) in [5.41, 5.74) is 1.16. The molecule has 27 heavy (non-hydrogen) atoms. The van der Waals surface area contributed by atoms with Gasteiger partial charge in [0.25, 0.3) is 0 Å². The summed E-state index contributed by atoms with van der Waals surface area (Å²) in [6, 6.07) is 13.9. The first-order valence-electron chi connectivity index (χ1n) is 8.78. The lowest BCUT2D eigenvalue weighted by molar-refractivity contribution is 0.384. The van der Waals surface area contributed by atoms with Crippen molar-refractivity contribution in [3.05, 3.63) is 66.0 Å². The van der Waals surface area contributed by atoms with Crippen LogP contribution in [-0.4, -0.2) is 24.9 Å². The molecule has 138 valence electrons. The van der Waals surface area contributed by atoms with Gasteiger partial charge in [0.1, 0.15) is 0 Å². The van der Waals surface area contributed by atoms with Gasteiger partial charge in [0.2, 0.25) is 11.7 Å². The molecule has 0 aliphatic carbocycles. The number of benzene rings is 1. The zero-order valence-corrected chi connectivity index (χ0v) is 15.7. The van der Waals surface area contributed by atoms with Gasteiger partial charge in [0, 0.05) is 6.42 Å². The standard InChI is InChI=1S/C19H19N5O2S/c1-2-7-16-20-17(26-23-16)13-27-19-22-21-18(15-10-6-11-25-15)24(19)12-14-8-4-3-5-9-14/h3-6,8-11H,2,7,12-13H2,1H3. The molecule has 4 rings (SSSR count). The summed E-state index contributed by atoms with van der Waals surface area (Å²) in [7, 11) is 0. The molecule has 3 aromatic heterocycles. The Morgan fingerprint density at radius 2 is 1.96 bits per heavy atom. The molecule has 0 aliphatic heterocycles. The molecule has 0 fully saturated rings. The Bertz CT molecular complexity index is 979. The Kier molecular flexibility index (Phi) is 5.34. The molecule has 0 aliphatic rings. The van der Waals surface area contributed by atoms with E-state index in [9.17, 15) is 0 Å². The molecule has 3 heterocycles. The van der Waals surface area contributed by atoms with Crippen molar-refractivity contribution in [3.63, 3.8) is 0 Å². The van der Waals surface area contributed by atoms with E-state index >= 15 is 0 Å². The van der Waals surface area contributed by atoms with Crippen molar-refractivity contribution in [1.29, 1.82) is 0 Å². The van der Waals surface area contributed by atoms with Crippen LogP contribution in [0, 0.1) is 0 Å². The lowest BCUT2D eigenvalue weighted by atomic mass is 10.2. The van der Waals surface area contributed by atoms with Crippen molar-refractivity contribution >= 4 is 11.8 Å². The fourth-order valence-electron chi connectivity index (χ4n) is 2.69. The van der Waals surface area contributed by atoms with E-state index in [0.717, 1.165) is 29.4 Å². The summed E-state index contributed by atoms with van der Waals surface area (Å²) >= 11 is 1.52. The molecule has 0 spiro atoms. The number of hydrogen-bond acceptors (Lipinski definition) is 7. The number of aryl methyl sites for hydroxylation is 1. The van der Waals surface area contributed by atoms with E-state index in [0.29, 0.717) is 29.8 Å². The van der Waals surface area contributed by atoms with Gasteiger partial charge in [0.05, 0.1) is 18.6 Å². The monoisotopic (exact) mass is 381 g/mol. The highest BCUT2D eigenvalue weighted by Gasteiger charge is 2.18. The first-order valence-corrected chi connectivity index (χ1v) is 9.77. The predicted octanol–water partition coefficient (Wildman–Crippen LogP) is 4.21. The number of nitrogens with zero attached hydrogens (tertiary/aromatic N) is 5. The van der Waals surface area contributed by atoms with E-state index in [1.807, 2.05) is 34.9 Å². The van der Waals surface area contributed by atoms with Gasteiger partial charge >= 0.3 is 0 Å². The van der Waals surface area contributed by atoms with Gasteiger partial charge in [-0.1, -0.05) is 54.2 Å². The molecular weight excluding hydrogens is 362 g/mol. The molecule has 8 heteroatoms. The molecule has 0 unspecified atom stereocenters. The van der Waals surface area contributed by atoms with Crippen LogP contribution in [0.15, 0.2) is 62.8 Å². The highest BCUT2D eigenvalue weighted by Crippen LogP contribution is 2.27. The summed E-state index contributed by atoms with van der Waals surface area (Å²) in [4.78, 5) is 4.41. The number of rotatable bonds is 8. The molecule has 0 bridgehead atoms. The van der Waals surface area contributed by atoms with Crippen molar-refractivity contribution in [1.82, 2.24) is 24.9 Å². The summed E-state index contributed by atoms with van der Waals surface area (Å²) in [6.07, 6.45) is 3.45. The van der Waals surface area contributed by atoms with Crippen LogP contribution >= 0.6 is 11.8 Å². The van der Waals surface area contributed by atoms with Crippen LogP contribution in [0.4, 0.5) is 0 Å². The van der Waals surface area contributed by atoms with Gasteiger partial charge in [0.15, 0.2) is 16.7 Å². The van der Waals surface area contributed by atoms with Crippen molar-refractivity contribution in [3.8, 4) is 11.6 Å². The third kappa shape index (κ3) is 4.11. The summed E-state index contributed by atoms with van der Waals surface area (Å²) in [5, 5.41) is 13.5. The maximum absolute atomic E-state index is 5.53. The molecule has 0 saturated heterocycles. The van der Waals surface area contributed by atoms with Crippen molar-refractivity contribution in [2.45, 2.75) is 37.2 Å². The Hall–Kier alpha value is -2.87. The fraction of sp³-hybridized carbons (Fsp3) is 0.263. The summed E-state index contributed by atoms with van der Waals surface area (Å²) in [6.45, 7) is 2.74. The van der Waals surface area contributed by atoms with Crippen molar-refractivity contribution in [2.75, 3.05) is 0 Å². The summed E-state index contributed by atoms with van der Waals surface area (Å²) in [5.74, 6) is 3.27. The molecule has 7 nitrogen and oxygen atoms in total. The zero-order valence-electron chi connectivity index (χ0n) is 14.9. The first kappa shape index (κ1) is 17.5. The fourth-order valence-corrected chi connectivity index (χ4v) is 3.47. The van der Waals surface area contributed by atoms with Crippen LogP contribution in [0.2, 0.25) is 0 Å². The van der Waals surface area contributed by atoms with Crippen molar-refractivity contribution in [2.24, 2.45) is 0 Å². The van der Waals surface area contributed by atoms with Gasteiger partial charge in [-0.15, -0.1) is 10.2 Å². The zero-order chi connectivity index (χ0) is 18.5. The van der Waals surface area contributed by atoms with Gasteiger partial charge in [-0.05, 0) is 24.1 Å². The minimum absolute atomic E-state index is 0.543. The van der Waals surface area contributed by atoms with E-state index in [2.05, 4.69) is 39.4 Å². The quantitative estimate of drug-likeness (QED) is 0.423. The summed E-state index contributed by atoms with van der Waals surface area (Å²) < 4.78 is 12.9. The normalized spacial score (nSPS) is 11.1. The lowest BCUT2D eigenvalue weighted by Gasteiger charge is -2.08. The van der Waals surface area contributed by atoms with E-state index < -0.39 is 0 Å². The Morgan fingerprint density at radius 1 is 1.07 bits per heavy atom. The average Bonchev–Trinajstić information content (AvgIpc) is 3.42. The van der Waals surface area contributed by atoms with Crippen LogP contribution in [0.25, 0.3) is 11.6 Å². The highest BCUT2D eigenvalue weighted by atomic mass is 32.2. The molecule has 0 amide bonds. The number of thioether (sulfide) groups is 1. The van der Waals surface area contributed by atoms with E-state index in [4.69, 9.17) is 8.94 Å². The van der Waals surface area contributed by atoms with Crippen LogP contribution in [0.3, 0.4) is 0 Å². The second kappa shape index (κ2) is 8.22. The van der Waals surface area contributed by atoms with E-state index in [-0.39, 0.29) is 0 Å². The number of aromatic nitrogens is 5. The number of furan rings is 1. The molecule has 0 radical (unpaired) electrons. The average molecular weight is 381 g/mol. The van der Waals surface area contributed by atoms with Crippen LogP contribution < -0.4 is 0 Å². The molecule has 0 N–H and O–H groups in total. The molecule has 0 saturated carbocycles. The maximum Gasteiger partial charge on any atom is 0.237 e. The van der Waals surface area contributed by atoms with E-state index in [1.165, 1.54) is 11.8 Å². The Balaban J connectivity index is 1.57. The highest BCUT2D eigenvalue weighted by molar-refractivity contribution is 7.98. The van der Waals surface area contributed by atoms with Gasteiger partial charge in [-0.3, -0.25) is 4.57 Å². The van der Waals surface area contributed by atoms with Gasteiger partial charge < -0.3 is 8.94 Å². The molecular formula is C19H19N5O2S. The second-order valence-electron chi connectivity index (χ2n) is 6.00. The van der Waals surface area contributed by atoms with Crippen molar-refractivity contribution < 1.29 is 8.94 Å².